The van der Waals surface area contributed by atoms with Crippen LogP contribution in [0.3, 0.4) is 0 Å². The molecule has 2 aromatic carbocycles. The van der Waals surface area contributed by atoms with Crippen LogP contribution in [-0.2, 0) is 14.3 Å². The standard InChI is InChI=1S/C23H23N3O6/c1-3-31-18-10-5-4-9-16(18)21-20-17(13-32-22(20)28)26(23(29)25-21)12-19(27)24-14-7-6-8-15(11-14)30-2/h4-11,21H,3,12-13H2,1-2H3,(H,24,27)(H,25,29). The molecule has 2 N–H and O–H groups in total. The van der Waals surface area contributed by atoms with Gasteiger partial charge < -0.3 is 24.8 Å². The van der Waals surface area contributed by atoms with Crippen LogP contribution >= 0.6 is 0 Å². The van der Waals surface area contributed by atoms with Crippen molar-refractivity contribution in [3.63, 3.8) is 0 Å². The first kappa shape index (κ1) is 21.2. The summed E-state index contributed by atoms with van der Waals surface area (Å²) in [6, 6.07) is 12.8. The number of ether oxygens (including phenoxy) is 3. The molecule has 0 aliphatic carbocycles. The molecule has 4 rings (SSSR count). The van der Waals surface area contributed by atoms with Crippen molar-refractivity contribution in [2.24, 2.45) is 0 Å². The number of esters is 1. The first-order valence-electron chi connectivity index (χ1n) is 10.2. The van der Waals surface area contributed by atoms with Crippen LogP contribution in [0.25, 0.3) is 0 Å². The lowest BCUT2D eigenvalue weighted by molar-refractivity contribution is -0.136. The van der Waals surface area contributed by atoms with Crippen LogP contribution in [0.1, 0.15) is 18.5 Å². The largest absolute Gasteiger partial charge is 0.497 e. The van der Waals surface area contributed by atoms with Crippen LogP contribution in [0, 0.1) is 0 Å². The summed E-state index contributed by atoms with van der Waals surface area (Å²) in [5.74, 6) is 0.201. The summed E-state index contributed by atoms with van der Waals surface area (Å²) in [4.78, 5) is 39.4. The molecule has 0 spiro atoms. The lowest BCUT2D eigenvalue weighted by atomic mass is 9.95. The van der Waals surface area contributed by atoms with Crippen LogP contribution in [0.4, 0.5) is 10.5 Å². The number of rotatable bonds is 7. The van der Waals surface area contributed by atoms with Gasteiger partial charge in [0.1, 0.15) is 24.7 Å². The van der Waals surface area contributed by atoms with Gasteiger partial charge in [0.25, 0.3) is 0 Å². The first-order chi connectivity index (χ1) is 15.5. The van der Waals surface area contributed by atoms with Gasteiger partial charge in [-0.15, -0.1) is 0 Å². The SMILES string of the molecule is CCOc1ccccc1C1NC(=O)N(CC(=O)Nc2cccc(OC)c2)C2=C1C(=O)OC2. The zero-order valence-electron chi connectivity index (χ0n) is 17.7. The van der Waals surface area contributed by atoms with E-state index in [1.807, 2.05) is 13.0 Å². The van der Waals surface area contributed by atoms with Gasteiger partial charge in [-0.25, -0.2) is 9.59 Å². The maximum Gasteiger partial charge on any atom is 0.338 e. The molecule has 3 amide bonds. The second kappa shape index (κ2) is 9.01. The molecule has 0 saturated heterocycles. The van der Waals surface area contributed by atoms with E-state index in [0.717, 1.165) is 0 Å². The number of benzene rings is 2. The molecule has 0 saturated carbocycles. The van der Waals surface area contributed by atoms with E-state index in [-0.39, 0.29) is 13.2 Å². The average molecular weight is 437 g/mol. The zero-order valence-corrected chi connectivity index (χ0v) is 17.7. The van der Waals surface area contributed by atoms with E-state index >= 15 is 0 Å². The molecule has 0 aromatic heterocycles. The number of nitrogens with one attached hydrogen (secondary N) is 2. The zero-order chi connectivity index (χ0) is 22.7. The summed E-state index contributed by atoms with van der Waals surface area (Å²) in [7, 11) is 1.53. The van der Waals surface area contributed by atoms with Crippen molar-refractivity contribution < 1.29 is 28.6 Å². The Morgan fingerprint density at radius 2 is 2.03 bits per heavy atom. The monoisotopic (exact) mass is 437 g/mol. The van der Waals surface area contributed by atoms with Crippen molar-refractivity contribution in [2.75, 3.05) is 32.2 Å². The number of anilines is 1. The molecule has 2 aliphatic heterocycles. The molecule has 2 heterocycles. The van der Waals surface area contributed by atoms with Gasteiger partial charge in [-0.1, -0.05) is 24.3 Å². The van der Waals surface area contributed by atoms with Crippen molar-refractivity contribution in [1.29, 1.82) is 0 Å². The van der Waals surface area contributed by atoms with E-state index in [1.165, 1.54) is 12.0 Å². The lowest BCUT2D eigenvalue weighted by Crippen LogP contribution is -2.49. The molecule has 9 nitrogen and oxygen atoms in total. The van der Waals surface area contributed by atoms with Gasteiger partial charge >= 0.3 is 12.0 Å². The van der Waals surface area contributed by atoms with E-state index in [9.17, 15) is 14.4 Å². The van der Waals surface area contributed by atoms with Crippen molar-refractivity contribution >= 4 is 23.6 Å². The van der Waals surface area contributed by atoms with Crippen LogP contribution in [-0.4, -0.2) is 49.7 Å². The molecule has 1 unspecified atom stereocenters. The number of cyclic esters (lactones) is 1. The number of amides is 3. The average Bonchev–Trinajstić information content (AvgIpc) is 3.18. The predicted octanol–water partition coefficient (Wildman–Crippen LogP) is 2.61. The quantitative estimate of drug-likeness (QED) is 0.645. The second-order valence-electron chi connectivity index (χ2n) is 7.16. The van der Waals surface area contributed by atoms with Crippen LogP contribution < -0.4 is 20.1 Å². The summed E-state index contributed by atoms with van der Waals surface area (Å²) in [6.45, 7) is 1.93. The summed E-state index contributed by atoms with van der Waals surface area (Å²) >= 11 is 0. The fourth-order valence-corrected chi connectivity index (χ4v) is 3.76. The molecule has 0 bridgehead atoms. The Bertz CT molecular complexity index is 1100. The van der Waals surface area contributed by atoms with Crippen LogP contribution in [0.5, 0.6) is 11.5 Å². The number of hydrogen-bond acceptors (Lipinski definition) is 6. The van der Waals surface area contributed by atoms with Gasteiger partial charge in [0.05, 0.1) is 31.0 Å². The second-order valence-corrected chi connectivity index (χ2v) is 7.16. The Morgan fingerprint density at radius 3 is 2.81 bits per heavy atom. The Balaban J connectivity index is 1.60. The Labute approximate surface area is 184 Å². The third-order valence-electron chi connectivity index (χ3n) is 5.18. The van der Waals surface area contributed by atoms with Crippen molar-refractivity contribution in [3.8, 4) is 11.5 Å². The lowest BCUT2D eigenvalue weighted by Gasteiger charge is -2.33. The summed E-state index contributed by atoms with van der Waals surface area (Å²) < 4.78 is 16.1. The highest BCUT2D eigenvalue weighted by molar-refractivity contribution is 6.00. The predicted molar refractivity (Wildman–Crippen MR) is 115 cm³/mol. The van der Waals surface area contributed by atoms with E-state index in [1.54, 1.807) is 42.5 Å². The molecule has 32 heavy (non-hydrogen) atoms. The van der Waals surface area contributed by atoms with Crippen molar-refractivity contribution in [3.05, 3.63) is 65.4 Å². The number of nitrogens with zero attached hydrogens (tertiary/aromatic N) is 1. The Hall–Kier alpha value is -4.01. The molecular formula is C23H23N3O6. The molecular weight excluding hydrogens is 414 g/mol. The van der Waals surface area contributed by atoms with Gasteiger partial charge in [-0.2, -0.15) is 0 Å². The number of carbonyl (C=O) groups excluding carboxylic acids is 3. The first-order valence-corrected chi connectivity index (χ1v) is 10.2. The number of methoxy groups -OCH3 is 1. The minimum absolute atomic E-state index is 0.0820. The number of hydrogen-bond donors (Lipinski definition) is 2. The van der Waals surface area contributed by atoms with Crippen LogP contribution in [0.2, 0.25) is 0 Å². The highest BCUT2D eigenvalue weighted by Crippen LogP contribution is 2.38. The fraction of sp³-hybridized carbons (Fsp3) is 0.261. The topological polar surface area (TPSA) is 106 Å². The molecule has 2 aliphatic rings. The van der Waals surface area contributed by atoms with E-state index in [2.05, 4.69) is 10.6 Å². The summed E-state index contributed by atoms with van der Waals surface area (Å²) in [5.41, 5.74) is 1.85. The smallest absolute Gasteiger partial charge is 0.338 e. The van der Waals surface area contributed by atoms with E-state index in [4.69, 9.17) is 14.2 Å². The van der Waals surface area contributed by atoms with Gasteiger partial charge in [0, 0.05) is 17.3 Å². The minimum atomic E-state index is -0.729. The van der Waals surface area contributed by atoms with Gasteiger partial charge in [-0.3, -0.25) is 9.69 Å². The highest BCUT2D eigenvalue weighted by atomic mass is 16.5. The van der Waals surface area contributed by atoms with E-state index in [0.29, 0.717) is 40.6 Å². The molecule has 0 radical (unpaired) electrons. The minimum Gasteiger partial charge on any atom is -0.497 e. The maximum absolute atomic E-state index is 13.0. The summed E-state index contributed by atoms with van der Waals surface area (Å²) in [6.07, 6.45) is 0. The number of urea groups is 1. The third-order valence-corrected chi connectivity index (χ3v) is 5.18. The van der Waals surface area contributed by atoms with Gasteiger partial charge in [-0.05, 0) is 25.1 Å². The highest BCUT2D eigenvalue weighted by Gasteiger charge is 2.43. The summed E-state index contributed by atoms with van der Waals surface area (Å²) in [5, 5.41) is 5.55. The van der Waals surface area contributed by atoms with Gasteiger partial charge in [0.15, 0.2) is 0 Å². The molecule has 0 fully saturated rings. The fourth-order valence-electron chi connectivity index (χ4n) is 3.76. The third kappa shape index (κ3) is 4.09. The van der Waals surface area contributed by atoms with E-state index < -0.39 is 23.9 Å². The number of para-hydroxylation sites is 1. The molecule has 1 atom stereocenters. The van der Waals surface area contributed by atoms with Crippen LogP contribution in [0.15, 0.2) is 59.8 Å². The number of carbonyl (C=O) groups is 3. The molecule has 9 heteroatoms. The van der Waals surface area contributed by atoms with Crippen molar-refractivity contribution in [1.82, 2.24) is 10.2 Å². The maximum atomic E-state index is 13.0. The Kier molecular flexibility index (Phi) is 5.98. The van der Waals surface area contributed by atoms with Gasteiger partial charge in [0.2, 0.25) is 5.91 Å². The Morgan fingerprint density at radius 1 is 1.22 bits per heavy atom. The molecule has 2 aromatic rings. The molecule has 166 valence electrons. The van der Waals surface area contributed by atoms with Crippen molar-refractivity contribution in [2.45, 2.75) is 13.0 Å². The normalized spacial score (nSPS) is 17.4.